The van der Waals surface area contributed by atoms with Gasteiger partial charge >= 0.3 is 5.97 Å². The highest BCUT2D eigenvalue weighted by atomic mass is 35.5. The van der Waals surface area contributed by atoms with E-state index in [9.17, 15) is 14.0 Å². The molecule has 0 atom stereocenters. The van der Waals surface area contributed by atoms with Gasteiger partial charge < -0.3 is 10.4 Å². The van der Waals surface area contributed by atoms with Gasteiger partial charge in [0.1, 0.15) is 11.0 Å². The lowest BCUT2D eigenvalue weighted by molar-refractivity contribution is 0.0696. The van der Waals surface area contributed by atoms with E-state index in [1.807, 2.05) is 0 Å². The number of anilines is 1. The smallest absolute Gasteiger partial charge is 0.335 e. The molecule has 1 aromatic carbocycles. The highest BCUT2D eigenvalue weighted by Gasteiger charge is 2.14. The molecule has 1 aromatic heterocycles. The molecule has 2 N–H and O–H groups in total. The van der Waals surface area contributed by atoms with Gasteiger partial charge in [0.25, 0.3) is 5.91 Å². The van der Waals surface area contributed by atoms with Crippen LogP contribution in [0.4, 0.5) is 10.1 Å². The Morgan fingerprint density at radius 2 is 1.90 bits per heavy atom. The van der Waals surface area contributed by atoms with Crippen molar-refractivity contribution in [2.45, 2.75) is 0 Å². The van der Waals surface area contributed by atoms with Crippen LogP contribution in [0.1, 0.15) is 20.7 Å². The second-order valence-corrected chi connectivity index (χ2v) is 4.77. The number of carbonyl (C=O) groups is 2. The van der Waals surface area contributed by atoms with Crippen LogP contribution in [0.15, 0.2) is 30.5 Å². The molecule has 5 nitrogen and oxygen atoms in total. The highest BCUT2D eigenvalue weighted by Crippen LogP contribution is 2.21. The molecule has 0 saturated carbocycles. The average molecular weight is 329 g/mol. The molecular weight excluding hydrogens is 322 g/mol. The van der Waals surface area contributed by atoms with Crippen LogP contribution in [0.5, 0.6) is 0 Å². The van der Waals surface area contributed by atoms with Crippen molar-refractivity contribution in [2.24, 2.45) is 0 Å². The number of nitrogens with one attached hydrogen (secondary N) is 1. The lowest BCUT2D eigenvalue weighted by Gasteiger charge is -2.08. The third kappa shape index (κ3) is 3.68. The van der Waals surface area contributed by atoms with Crippen molar-refractivity contribution >= 4 is 40.8 Å². The lowest BCUT2D eigenvalue weighted by atomic mass is 10.2. The predicted molar refractivity (Wildman–Crippen MR) is 75.6 cm³/mol. The first-order chi connectivity index (χ1) is 9.86. The third-order valence-electron chi connectivity index (χ3n) is 2.45. The summed E-state index contributed by atoms with van der Waals surface area (Å²) >= 11 is 11.5. The van der Waals surface area contributed by atoms with E-state index in [0.717, 1.165) is 12.3 Å². The van der Waals surface area contributed by atoms with Gasteiger partial charge in [-0.3, -0.25) is 4.79 Å². The first-order valence-electron chi connectivity index (χ1n) is 5.53. The van der Waals surface area contributed by atoms with Crippen molar-refractivity contribution < 1.29 is 19.1 Å². The molecule has 0 spiro atoms. The summed E-state index contributed by atoms with van der Waals surface area (Å²) in [7, 11) is 0. The van der Waals surface area contributed by atoms with Crippen molar-refractivity contribution in [1.29, 1.82) is 0 Å². The van der Waals surface area contributed by atoms with Crippen LogP contribution < -0.4 is 5.32 Å². The Labute approximate surface area is 128 Å². The van der Waals surface area contributed by atoms with Gasteiger partial charge in [-0.15, -0.1) is 0 Å². The number of halogens is 3. The summed E-state index contributed by atoms with van der Waals surface area (Å²) in [4.78, 5) is 26.4. The normalized spacial score (nSPS) is 10.2. The fourth-order valence-corrected chi connectivity index (χ4v) is 1.99. The molecule has 108 valence electrons. The molecular formula is C13H7Cl2FN2O3. The molecule has 0 saturated heterocycles. The molecule has 8 heteroatoms. The van der Waals surface area contributed by atoms with Crippen LogP contribution in [-0.4, -0.2) is 22.0 Å². The maximum atomic E-state index is 13.1. The van der Waals surface area contributed by atoms with E-state index in [4.69, 9.17) is 28.3 Å². The predicted octanol–water partition coefficient (Wildman–Crippen LogP) is 3.48. The number of carboxylic acid groups (broad SMARTS) is 1. The van der Waals surface area contributed by atoms with Crippen molar-refractivity contribution in [2.75, 3.05) is 5.32 Å². The number of amides is 1. The monoisotopic (exact) mass is 328 g/mol. The van der Waals surface area contributed by atoms with E-state index >= 15 is 0 Å². The Morgan fingerprint density at radius 3 is 2.57 bits per heavy atom. The molecule has 0 aliphatic rings. The van der Waals surface area contributed by atoms with Gasteiger partial charge in [0.05, 0.1) is 17.3 Å². The molecule has 2 rings (SSSR count). The number of rotatable bonds is 3. The van der Waals surface area contributed by atoms with Gasteiger partial charge in [-0.05, 0) is 24.3 Å². The minimum Gasteiger partial charge on any atom is -0.478 e. The van der Waals surface area contributed by atoms with E-state index in [1.165, 1.54) is 18.2 Å². The van der Waals surface area contributed by atoms with Gasteiger partial charge in [-0.1, -0.05) is 23.2 Å². The zero-order valence-electron chi connectivity index (χ0n) is 10.2. The number of hydrogen-bond acceptors (Lipinski definition) is 3. The Hall–Kier alpha value is -2.18. The summed E-state index contributed by atoms with van der Waals surface area (Å²) < 4.78 is 13.1. The maximum absolute atomic E-state index is 13.1. The van der Waals surface area contributed by atoms with Gasteiger partial charge in [0, 0.05) is 10.7 Å². The molecule has 0 bridgehead atoms. The molecule has 21 heavy (non-hydrogen) atoms. The first kappa shape index (κ1) is 15.2. The number of nitrogens with zero attached hydrogens (tertiary/aromatic N) is 1. The van der Waals surface area contributed by atoms with Crippen molar-refractivity contribution in [3.63, 3.8) is 0 Å². The second kappa shape index (κ2) is 6.07. The Balaban J connectivity index is 2.31. The number of benzene rings is 1. The Bertz CT molecular complexity index is 737. The van der Waals surface area contributed by atoms with Gasteiger partial charge in [-0.2, -0.15) is 0 Å². The molecule has 0 fully saturated rings. The number of hydrogen-bond donors (Lipinski definition) is 2. The average Bonchev–Trinajstić information content (AvgIpc) is 2.40. The van der Waals surface area contributed by atoms with Gasteiger partial charge in [0.2, 0.25) is 0 Å². The third-order valence-corrected chi connectivity index (χ3v) is 2.97. The fourth-order valence-electron chi connectivity index (χ4n) is 1.57. The van der Waals surface area contributed by atoms with Crippen molar-refractivity contribution in [3.05, 3.63) is 57.6 Å². The molecule has 1 amide bonds. The minimum absolute atomic E-state index is 0.0961. The molecule has 0 unspecified atom stereocenters. The summed E-state index contributed by atoms with van der Waals surface area (Å²) in [5, 5.41) is 11.3. The zero-order valence-corrected chi connectivity index (χ0v) is 11.7. The summed E-state index contributed by atoms with van der Waals surface area (Å²) in [6.07, 6.45) is 0.876. The number of carboxylic acids is 1. The fraction of sp³-hybridized carbons (Fsp3) is 0. The second-order valence-electron chi connectivity index (χ2n) is 3.98. The first-order valence-corrected chi connectivity index (χ1v) is 6.28. The highest BCUT2D eigenvalue weighted by molar-refractivity contribution is 6.33. The Kier molecular flexibility index (Phi) is 4.40. The number of aromatic carboxylic acids is 1. The van der Waals surface area contributed by atoms with Crippen LogP contribution in [0.25, 0.3) is 0 Å². The topological polar surface area (TPSA) is 79.3 Å². The van der Waals surface area contributed by atoms with Gasteiger partial charge in [-0.25, -0.2) is 14.2 Å². The summed E-state index contributed by atoms with van der Waals surface area (Å²) in [6, 6.07) is 4.73. The lowest BCUT2D eigenvalue weighted by Crippen LogP contribution is -2.14. The summed E-state index contributed by atoms with van der Waals surface area (Å²) in [6.45, 7) is 0. The van der Waals surface area contributed by atoms with Crippen molar-refractivity contribution in [3.8, 4) is 0 Å². The maximum Gasteiger partial charge on any atom is 0.335 e. The van der Waals surface area contributed by atoms with Crippen LogP contribution in [-0.2, 0) is 0 Å². The zero-order chi connectivity index (χ0) is 15.6. The largest absolute Gasteiger partial charge is 0.478 e. The van der Waals surface area contributed by atoms with E-state index in [-0.39, 0.29) is 27.0 Å². The summed E-state index contributed by atoms with van der Waals surface area (Å²) in [5.74, 6) is -2.65. The number of aromatic nitrogens is 1. The molecule has 0 aliphatic carbocycles. The van der Waals surface area contributed by atoms with Crippen LogP contribution in [0.2, 0.25) is 10.2 Å². The van der Waals surface area contributed by atoms with Gasteiger partial charge in [0.15, 0.2) is 0 Å². The van der Waals surface area contributed by atoms with E-state index in [2.05, 4.69) is 10.3 Å². The number of pyridine rings is 1. The standard InChI is InChI=1S/C13H7Cl2FN2O3/c14-7-1-6(13(20)21)2-9(3-7)18-12(19)10-4-8(16)5-17-11(10)15/h1-5H,(H,18,19)(H,20,21). The van der Waals surface area contributed by atoms with Crippen molar-refractivity contribution in [1.82, 2.24) is 4.98 Å². The molecule has 0 radical (unpaired) electrons. The molecule has 1 heterocycles. The van der Waals surface area contributed by atoms with Crippen LogP contribution in [0.3, 0.4) is 0 Å². The van der Waals surface area contributed by atoms with E-state index in [1.54, 1.807) is 0 Å². The minimum atomic E-state index is -1.20. The number of carbonyl (C=O) groups excluding carboxylic acids is 1. The molecule has 2 aromatic rings. The summed E-state index contributed by atoms with van der Waals surface area (Å²) in [5.41, 5.74) is -0.125. The molecule has 0 aliphatic heterocycles. The van der Waals surface area contributed by atoms with Crippen LogP contribution >= 0.6 is 23.2 Å². The Morgan fingerprint density at radius 1 is 1.19 bits per heavy atom. The van der Waals surface area contributed by atoms with Crippen LogP contribution in [0, 0.1) is 5.82 Å². The quantitative estimate of drug-likeness (QED) is 0.845. The van der Waals surface area contributed by atoms with E-state index < -0.39 is 17.7 Å². The SMILES string of the molecule is O=C(O)c1cc(Cl)cc(NC(=O)c2cc(F)cnc2Cl)c1. The van der Waals surface area contributed by atoms with E-state index in [0.29, 0.717) is 0 Å².